The van der Waals surface area contributed by atoms with Crippen molar-refractivity contribution in [2.75, 3.05) is 26.1 Å². The molecular weight excluding hydrogens is 296 g/mol. The summed E-state index contributed by atoms with van der Waals surface area (Å²) in [6.45, 7) is 3.65. The molecule has 22 heavy (non-hydrogen) atoms. The van der Waals surface area contributed by atoms with Crippen molar-refractivity contribution in [1.29, 1.82) is 0 Å². The highest BCUT2D eigenvalue weighted by molar-refractivity contribution is 7.21. The van der Waals surface area contributed by atoms with Crippen LogP contribution in [0.3, 0.4) is 0 Å². The highest BCUT2D eigenvalue weighted by Crippen LogP contribution is 2.39. The van der Waals surface area contributed by atoms with Gasteiger partial charge in [0.2, 0.25) is 0 Å². The monoisotopic (exact) mass is 314 g/mol. The Morgan fingerprint density at radius 1 is 1.18 bits per heavy atom. The summed E-state index contributed by atoms with van der Waals surface area (Å²) in [5, 5.41) is 0. The lowest BCUT2D eigenvalue weighted by molar-refractivity contribution is 0.411. The minimum Gasteiger partial charge on any atom is -0.494 e. The number of nitrogens with zero attached hydrogens (tertiary/aromatic N) is 2. The lowest BCUT2D eigenvalue weighted by Gasteiger charge is -2.16. The van der Waals surface area contributed by atoms with E-state index in [0.717, 1.165) is 32.0 Å². The van der Waals surface area contributed by atoms with Crippen LogP contribution in [0, 0.1) is 13.8 Å². The molecule has 3 rings (SSSR count). The molecular formula is C17H18N2O2S. The third-order valence-corrected chi connectivity index (χ3v) is 5.15. The third kappa shape index (κ3) is 2.13. The fraction of sp³-hybridized carbons (Fsp3) is 0.294. The van der Waals surface area contributed by atoms with Crippen molar-refractivity contribution in [3.05, 3.63) is 39.5 Å². The number of aromatic nitrogens is 1. The van der Waals surface area contributed by atoms with E-state index in [1.165, 1.54) is 0 Å². The summed E-state index contributed by atoms with van der Waals surface area (Å²) in [5.74, 6) is 0.584. The van der Waals surface area contributed by atoms with Crippen LogP contribution < -0.4 is 15.1 Å². The highest BCUT2D eigenvalue weighted by atomic mass is 32.1. The van der Waals surface area contributed by atoms with E-state index in [-0.39, 0.29) is 5.43 Å². The molecule has 1 aromatic rings. The van der Waals surface area contributed by atoms with Crippen molar-refractivity contribution in [2.45, 2.75) is 13.8 Å². The Kier molecular flexibility index (Phi) is 3.53. The number of methoxy groups -OCH3 is 1. The van der Waals surface area contributed by atoms with E-state index in [4.69, 9.17) is 9.72 Å². The van der Waals surface area contributed by atoms with Gasteiger partial charge in [-0.25, -0.2) is 4.98 Å². The Labute approximate surface area is 133 Å². The van der Waals surface area contributed by atoms with E-state index in [1.807, 2.05) is 33.2 Å². The average Bonchev–Trinajstić information content (AvgIpc) is 2.51. The molecule has 5 heteroatoms. The third-order valence-electron chi connectivity index (χ3n) is 3.90. The minimum atomic E-state index is 0.0329. The van der Waals surface area contributed by atoms with Gasteiger partial charge in [0.25, 0.3) is 0 Å². The molecule has 0 radical (unpaired) electrons. The number of hydrogen-bond acceptors (Lipinski definition) is 5. The molecule has 0 N–H and O–H groups in total. The van der Waals surface area contributed by atoms with Crippen LogP contribution in [0.15, 0.2) is 23.0 Å². The maximum Gasteiger partial charge on any atom is 0.189 e. The summed E-state index contributed by atoms with van der Waals surface area (Å²) >= 11 is 1.59. The van der Waals surface area contributed by atoms with Gasteiger partial charge in [0, 0.05) is 30.9 Å². The first-order chi connectivity index (χ1) is 10.4. The zero-order valence-electron chi connectivity index (χ0n) is 13.4. The van der Waals surface area contributed by atoms with Crippen molar-refractivity contribution in [3.8, 4) is 16.3 Å². The van der Waals surface area contributed by atoms with Crippen LogP contribution in [-0.2, 0) is 0 Å². The van der Waals surface area contributed by atoms with Crippen LogP contribution in [0.25, 0.3) is 20.8 Å². The van der Waals surface area contributed by atoms with Crippen LogP contribution in [0.1, 0.15) is 11.1 Å². The molecule has 1 aromatic carbocycles. The number of fused-ring (bicyclic) bond motifs is 2. The lowest BCUT2D eigenvalue weighted by atomic mass is 10.1. The van der Waals surface area contributed by atoms with E-state index in [9.17, 15) is 4.79 Å². The Hall–Kier alpha value is -2.14. The molecule has 4 nitrogen and oxygen atoms in total. The first-order valence-corrected chi connectivity index (χ1v) is 7.84. The molecule has 1 aliphatic heterocycles. The Bertz CT molecular complexity index is 899. The van der Waals surface area contributed by atoms with Gasteiger partial charge in [-0.15, -0.1) is 11.3 Å². The van der Waals surface area contributed by atoms with Gasteiger partial charge >= 0.3 is 0 Å². The lowest BCUT2D eigenvalue weighted by Crippen LogP contribution is -2.13. The van der Waals surface area contributed by atoms with Crippen molar-refractivity contribution in [2.24, 2.45) is 0 Å². The highest BCUT2D eigenvalue weighted by Gasteiger charge is 2.21. The molecule has 0 bridgehead atoms. The summed E-state index contributed by atoms with van der Waals surface area (Å²) in [4.78, 5) is 20.1. The predicted molar refractivity (Wildman–Crippen MR) is 92.9 cm³/mol. The van der Waals surface area contributed by atoms with Gasteiger partial charge in [-0.1, -0.05) is 0 Å². The topological polar surface area (TPSA) is 42.4 Å². The van der Waals surface area contributed by atoms with E-state index < -0.39 is 0 Å². The summed E-state index contributed by atoms with van der Waals surface area (Å²) in [7, 11) is 5.60. The smallest absolute Gasteiger partial charge is 0.189 e. The van der Waals surface area contributed by atoms with Crippen LogP contribution in [0.4, 0.5) is 5.69 Å². The Morgan fingerprint density at radius 3 is 2.55 bits per heavy atom. The second kappa shape index (κ2) is 5.25. The average molecular weight is 314 g/mol. The summed E-state index contributed by atoms with van der Waals surface area (Å²) in [6, 6.07) is 6.15. The van der Waals surface area contributed by atoms with Gasteiger partial charge in [0.05, 0.1) is 22.2 Å². The molecule has 1 heterocycles. The quantitative estimate of drug-likeness (QED) is 0.680. The fourth-order valence-corrected chi connectivity index (χ4v) is 3.71. The summed E-state index contributed by atoms with van der Waals surface area (Å²) in [5.41, 5.74) is 4.19. The standard InChI is InChI=1S/C17H18N2O2S/c1-9-15(20)10(2)17-14(16(9)21-5)18-12-7-6-11(19(3)4)8-13(12)22-17/h6-8H,1-5H3. The number of hydrogen-bond donors (Lipinski definition) is 0. The molecule has 0 saturated heterocycles. The number of rotatable bonds is 2. The van der Waals surface area contributed by atoms with Gasteiger partial charge in [-0.2, -0.15) is 0 Å². The summed E-state index contributed by atoms with van der Waals surface area (Å²) < 4.78 is 6.50. The SMILES string of the molecule is COc1c2nc3ccc(N(C)C)cc3sc-2c(C)c(=O)c1C. The number of anilines is 1. The molecule has 0 fully saturated rings. The van der Waals surface area contributed by atoms with Gasteiger partial charge in [0.1, 0.15) is 5.69 Å². The number of benzene rings is 2. The maximum atomic E-state index is 12.4. The van der Waals surface area contributed by atoms with Gasteiger partial charge in [-0.3, -0.25) is 4.79 Å². The normalized spacial score (nSPS) is 11.1. The largest absolute Gasteiger partial charge is 0.494 e. The molecule has 0 saturated carbocycles. The maximum absolute atomic E-state index is 12.4. The molecule has 0 unspecified atom stereocenters. The summed E-state index contributed by atoms with van der Waals surface area (Å²) in [6.07, 6.45) is 0. The minimum absolute atomic E-state index is 0.0329. The molecule has 0 aromatic heterocycles. The van der Waals surface area contributed by atoms with Gasteiger partial charge in [0.15, 0.2) is 11.2 Å². The molecule has 1 aliphatic carbocycles. The van der Waals surface area contributed by atoms with E-state index in [1.54, 1.807) is 25.4 Å². The van der Waals surface area contributed by atoms with Crippen LogP contribution >= 0.6 is 11.3 Å². The van der Waals surface area contributed by atoms with E-state index in [2.05, 4.69) is 11.0 Å². The predicted octanol–water partition coefficient (Wildman–Crippen LogP) is 3.45. The molecule has 114 valence electrons. The molecule has 0 spiro atoms. The van der Waals surface area contributed by atoms with Gasteiger partial charge in [-0.05, 0) is 32.0 Å². The second-order valence-corrected chi connectivity index (χ2v) is 6.60. The van der Waals surface area contributed by atoms with E-state index >= 15 is 0 Å². The number of ether oxygens (including phenoxy) is 1. The Balaban J connectivity index is 2.44. The van der Waals surface area contributed by atoms with Gasteiger partial charge < -0.3 is 9.64 Å². The molecule has 0 amide bonds. The van der Waals surface area contributed by atoms with Crippen molar-refractivity contribution in [1.82, 2.24) is 4.98 Å². The first kappa shape index (κ1) is 14.8. The second-order valence-electron chi connectivity index (χ2n) is 5.55. The first-order valence-electron chi connectivity index (χ1n) is 7.03. The fourth-order valence-electron chi connectivity index (χ4n) is 2.61. The van der Waals surface area contributed by atoms with Crippen LogP contribution in [0.2, 0.25) is 0 Å². The zero-order chi connectivity index (χ0) is 16.0. The molecule has 0 atom stereocenters. The van der Waals surface area contributed by atoms with Crippen molar-refractivity contribution in [3.63, 3.8) is 0 Å². The van der Waals surface area contributed by atoms with Crippen LogP contribution in [-0.4, -0.2) is 26.2 Å². The van der Waals surface area contributed by atoms with Crippen molar-refractivity contribution >= 4 is 27.2 Å². The zero-order valence-corrected chi connectivity index (χ0v) is 14.2. The molecule has 2 aliphatic rings. The van der Waals surface area contributed by atoms with E-state index in [0.29, 0.717) is 11.3 Å². The Morgan fingerprint density at radius 2 is 1.91 bits per heavy atom. The van der Waals surface area contributed by atoms with Crippen molar-refractivity contribution < 1.29 is 4.74 Å². The van der Waals surface area contributed by atoms with Crippen LogP contribution in [0.5, 0.6) is 5.75 Å².